The molecular weight excluding hydrogens is 338 g/mol. The van der Waals surface area contributed by atoms with E-state index in [9.17, 15) is 19.7 Å². The molecule has 0 amide bonds. The van der Waals surface area contributed by atoms with Gasteiger partial charge in [-0.3, -0.25) is 10.1 Å². The van der Waals surface area contributed by atoms with Crippen molar-refractivity contribution in [2.24, 2.45) is 0 Å². The Morgan fingerprint density at radius 3 is 2.33 bits per heavy atom. The first-order valence-electron chi connectivity index (χ1n) is 7.52. The Bertz CT molecular complexity index is 729. The van der Waals surface area contributed by atoms with Gasteiger partial charge in [-0.2, -0.15) is 0 Å². The predicted octanol–water partition coefficient (Wildman–Crippen LogP) is 3.39. The zero-order valence-corrected chi connectivity index (χ0v) is 13.4. The summed E-state index contributed by atoms with van der Waals surface area (Å²) in [5.41, 5.74) is -0.351. The van der Waals surface area contributed by atoms with E-state index in [1.54, 1.807) is 0 Å². The Balaban J connectivity index is 1.91. The number of rotatable bonds is 2. The third kappa shape index (κ3) is 3.12. The van der Waals surface area contributed by atoms with Crippen molar-refractivity contribution >= 4 is 35.3 Å². The van der Waals surface area contributed by atoms with E-state index < -0.39 is 22.6 Å². The van der Waals surface area contributed by atoms with Crippen LogP contribution in [-0.2, 0) is 19.1 Å². The standard InChI is InChI=1S/C16H14ClNO6/c17-13-5-4-11(18(21)22)8-10(13)9-12-14(19)23-16(24-15(12)20)6-2-1-3-7-16/h4-5,8-9H,1-3,6-7H2. The van der Waals surface area contributed by atoms with Crippen LogP contribution < -0.4 is 0 Å². The van der Waals surface area contributed by atoms with E-state index in [1.807, 2.05) is 0 Å². The van der Waals surface area contributed by atoms with Gasteiger partial charge in [0.1, 0.15) is 5.57 Å². The molecule has 1 heterocycles. The van der Waals surface area contributed by atoms with E-state index in [0.717, 1.165) is 25.3 Å². The minimum atomic E-state index is -1.17. The van der Waals surface area contributed by atoms with E-state index in [2.05, 4.69) is 0 Å². The predicted molar refractivity (Wildman–Crippen MR) is 84.1 cm³/mol. The molecule has 7 nitrogen and oxygen atoms in total. The van der Waals surface area contributed by atoms with Crippen molar-refractivity contribution in [3.05, 3.63) is 44.5 Å². The topological polar surface area (TPSA) is 95.7 Å². The van der Waals surface area contributed by atoms with Crippen LogP contribution in [0.15, 0.2) is 23.8 Å². The van der Waals surface area contributed by atoms with Gasteiger partial charge in [0, 0.05) is 35.6 Å². The zero-order chi connectivity index (χ0) is 17.3. The Labute approximate surface area is 142 Å². The normalized spacial score (nSPS) is 19.6. The van der Waals surface area contributed by atoms with E-state index in [0.29, 0.717) is 12.8 Å². The van der Waals surface area contributed by atoms with Crippen molar-refractivity contribution < 1.29 is 24.0 Å². The molecule has 0 aromatic heterocycles. The van der Waals surface area contributed by atoms with Gasteiger partial charge in [0.2, 0.25) is 0 Å². The number of halogens is 1. The van der Waals surface area contributed by atoms with Crippen molar-refractivity contribution in [3.8, 4) is 0 Å². The monoisotopic (exact) mass is 351 g/mol. The van der Waals surface area contributed by atoms with E-state index in [1.165, 1.54) is 18.2 Å². The molecule has 0 radical (unpaired) electrons. The van der Waals surface area contributed by atoms with Crippen LogP contribution in [0.3, 0.4) is 0 Å². The molecule has 2 fully saturated rings. The summed E-state index contributed by atoms with van der Waals surface area (Å²) in [6.07, 6.45) is 4.76. The van der Waals surface area contributed by atoms with Gasteiger partial charge in [-0.25, -0.2) is 9.59 Å². The quantitative estimate of drug-likeness (QED) is 0.266. The van der Waals surface area contributed by atoms with Crippen LogP contribution in [0.2, 0.25) is 5.02 Å². The molecule has 1 spiro atoms. The van der Waals surface area contributed by atoms with Gasteiger partial charge in [0.15, 0.2) is 0 Å². The average molecular weight is 352 g/mol. The number of benzene rings is 1. The number of hydrogen-bond acceptors (Lipinski definition) is 6. The lowest BCUT2D eigenvalue weighted by Gasteiger charge is -2.38. The largest absolute Gasteiger partial charge is 0.419 e. The number of hydrogen-bond donors (Lipinski definition) is 0. The summed E-state index contributed by atoms with van der Waals surface area (Å²) in [5, 5.41) is 11.0. The number of esters is 2. The summed E-state index contributed by atoms with van der Waals surface area (Å²) in [4.78, 5) is 34.7. The highest BCUT2D eigenvalue weighted by molar-refractivity contribution is 6.32. The summed E-state index contributed by atoms with van der Waals surface area (Å²) >= 11 is 5.99. The number of non-ortho nitro benzene ring substituents is 1. The first kappa shape index (κ1) is 16.4. The lowest BCUT2D eigenvalue weighted by atomic mass is 9.93. The lowest BCUT2D eigenvalue weighted by Crippen LogP contribution is -2.47. The smallest absolute Gasteiger partial charge is 0.348 e. The molecule has 0 unspecified atom stereocenters. The molecule has 0 bridgehead atoms. The van der Waals surface area contributed by atoms with Crippen molar-refractivity contribution in [1.29, 1.82) is 0 Å². The van der Waals surface area contributed by atoms with Crippen LogP contribution in [0.1, 0.15) is 37.7 Å². The van der Waals surface area contributed by atoms with E-state index in [-0.39, 0.29) is 21.8 Å². The Morgan fingerprint density at radius 2 is 1.75 bits per heavy atom. The number of carbonyl (C=O) groups excluding carboxylic acids is 2. The molecule has 0 atom stereocenters. The molecule has 1 saturated carbocycles. The number of ether oxygens (including phenoxy) is 2. The van der Waals surface area contributed by atoms with Crippen molar-refractivity contribution in [3.63, 3.8) is 0 Å². The molecule has 1 aliphatic carbocycles. The fourth-order valence-electron chi connectivity index (χ4n) is 2.88. The van der Waals surface area contributed by atoms with Crippen LogP contribution in [-0.4, -0.2) is 22.6 Å². The molecule has 1 aromatic carbocycles. The first-order chi connectivity index (χ1) is 11.4. The summed E-state index contributed by atoms with van der Waals surface area (Å²) in [6.45, 7) is 0. The highest BCUT2D eigenvalue weighted by Gasteiger charge is 2.46. The molecule has 2 aliphatic rings. The minimum Gasteiger partial charge on any atom is -0.419 e. The number of nitro groups is 1. The first-order valence-corrected chi connectivity index (χ1v) is 7.90. The van der Waals surface area contributed by atoms with Crippen LogP contribution >= 0.6 is 11.6 Å². The minimum absolute atomic E-state index is 0.173. The summed E-state index contributed by atoms with van der Waals surface area (Å²) < 4.78 is 10.7. The molecule has 0 N–H and O–H groups in total. The van der Waals surface area contributed by atoms with Gasteiger partial charge in [0.25, 0.3) is 11.5 Å². The van der Waals surface area contributed by atoms with E-state index in [4.69, 9.17) is 21.1 Å². The highest BCUT2D eigenvalue weighted by atomic mass is 35.5. The van der Waals surface area contributed by atoms with Gasteiger partial charge in [-0.05, 0) is 25.0 Å². The van der Waals surface area contributed by atoms with Crippen LogP contribution in [0.4, 0.5) is 5.69 Å². The zero-order valence-electron chi connectivity index (χ0n) is 12.6. The lowest BCUT2D eigenvalue weighted by molar-refractivity contribution is -0.384. The number of nitro benzene ring substituents is 1. The summed E-state index contributed by atoms with van der Waals surface area (Å²) in [6, 6.07) is 3.74. The fourth-order valence-corrected chi connectivity index (χ4v) is 3.05. The molecule has 1 aliphatic heterocycles. The van der Waals surface area contributed by atoms with Crippen molar-refractivity contribution in [1.82, 2.24) is 0 Å². The maximum Gasteiger partial charge on any atom is 0.348 e. The van der Waals surface area contributed by atoms with Gasteiger partial charge in [0.05, 0.1) is 4.92 Å². The average Bonchev–Trinajstić information content (AvgIpc) is 2.53. The number of carbonyl (C=O) groups is 2. The van der Waals surface area contributed by atoms with Crippen molar-refractivity contribution in [2.75, 3.05) is 0 Å². The maximum absolute atomic E-state index is 12.2. The van der Waals surface area contributed by atoms with Gasteiger partial charge in [-0.15, -0.1) is 0 Å². The third-order valence-electron chi connectivity index (χ3n) is 4.10. The molecular formula is C16H14ClNO6. The van der Waals surface area contributed by atoms with Crippen LogP contribution in [0, 0.1) is 10.1 Å². The molecule has 126 valence electrons. The third-order valence-corrected chi connectivity index (χ3v) is 4.45. The van der Waals surface area contributed by atoms with E-state index >= 15 is 0 Å². The molecule has 1 aromatic rings. The summed E-state index contributed by atoms with van der Waals surface area (Å²) in [5.74, 6) is -2.76. The van der Waals surface area contributed by atoms with Gasteiger partial charge in [-0.1, -0.05) is 18.0 Å². The maximum atomic E-state index is 12.2. The second-order valence-electron chi connectivity index (χ2n) is 5.77. The molecule has 24 heavy (non-hydrogen) atoms. The van der Waals surface area contributed by atoms with Gasteiger partial charge >= 0.3 is 11.9 Å². The SMILES string of the molecule is O=C1OC2(CCCCC2)OC(=O)C1=Cc1cc([N+](=O)[O-])ccc1Cl. The molecule has 3 rings (SSSR count). The Hall–Kier alpha value is -2.41. The fraction of sp³-hybridized carbons (Fsp3) is 0.375. The Kier molecular flexibility index (Phi) is 4.28. The summed E-state index contributed by atoms with van der Waals surface area (Å²) in [7, 11) is 0. The number of nitrogens with zero attached hydrogens (tertiary/aromatic N) is 1. The Morgan fingerprint density at radius 1 is 1.12 bits per heavy atom. The second-order valence-corrected chi connectivity index (χ2v) is 6.18. The van der Waals surface area contributed by atoms with Gasteiger partial charge < -0.3 is 9.47 Å². The second kappa shape index (κ2) is 6.24. The molecule has 1 saturated heterocycles. The molecule has 8 heteroatoms. The van der Waals surface area contributed by atoms with Crippen molar-refractivity contribution in [2.45, 2.75) is 37.9 Å². The van der Waals surface area contributed by atoms with Crippen LogP contribution in [0.5, 0.6) is 0 Å². The van der Waals surface area contributed by atoms with Crippen LogP contribution in [0.25, 0.3) is 6.08 Å². The highest BCUT2D eigenvalue weighted by Crippen LogP contribution is 2.37.